The predicted octanol–water partition coefficient (Wildman–Crippen LogP) is 4.51. The van der Waals surface area contributed by atoms with Crippen LogP contribution >= 0.6 is 0 Å². The minimum Gasteiger partial charge on any atom is -0.326 e. The molecule has 1 N–H and O–H groups in total. The Hall–Kier alpha value is -2.09. The average Bonchev–Trinajstić information content (AvgIpc) is 2.43. The average molecular weight is 281 g/mol. The van der Waals surface area contributed by atoms with Gasteiger partial charge in [-0.1, -0.05) is 50.2 Å². The van der Waals surface area contributed by atoms with Crippen LogP contribution in [-0.4, -0.2) is 5.91 Å². The molecular formula is C19H23NO. The second-order valence-corrected chi connectivity index (χ2v) is 6.30. The lowest BCUT2D eigenvalue weighted by Crippen LogP contribution is -2.32. The Labute approximate surface area is 127 Å². The van der Waals surface area contributed by atoms with E-state index < -0.39 is 5.41 Å². The molecule has 110 valence electrons. The van der Waals surface area contributed by atoms with E-state index in [1.54, 1.807) is 0 Å². The van der Waals surface area contributed by atoms with Gasteiger partial charge in [0, 0.05) is 11.1 Å². The molecule has 21 heavy (non-hydrogen) atoms. The summed E-state index contributed by atoms with van der Waals surface area (Å²) in [7, 11) is 0. The van der Waals surface area contributed by atoms with Gasteiger partial charge in [0.25, 0.3) is 0 Å². The quantitative estimate of drug-likeness (QED) is 0.877. The van der Waals surface area contributed by atoms with E-state index in [0.29, 0.717) is 0 Å². The summed E-state index contributed by atoms with van der Waals surface area (Å²) in [6.45, 7) is 8.09. The van der Waals surface area contributed by atoms with Gasteiger partial charge in [0.1, 0.15) is 0 Å². The van der Waals surface area contributed by atoms with Gasteiger partial charge in [-0.15, -0.1) is 0 Å². The number of benzene rings is 2. The summed E-state index contributed by atoms with van der Waals surface area (Å²) >= 11 is 0. The molecule has 2 heteroatoms. The van der Waals surface area contributed by atoms with E-state index in [9.17, 15) is 4.79 Å². The molecule has 0 unspecified atom stereocenters. The number of carbonyl (C=O) groups excluding carboxylic acids is 1. The summed E-state index contributed by atoms with van der Waals surface area (Å²) in [6.07, 6.45) is 0.727. The van der Waals surface area contributed by atoms with Crippen LogP contribution in [-0.2, 0) is 11.2 Å². The molecule has 0 heterocycles. The molecule has 0 fully saturated rings. The maximum atomic E-state index is 12.5. The Morgan fingerprint density at radius 1 is 1.00 bits per heavy atom. The molecule has 0 aliphatic carbocycles. The monoisotopic (exact) mass is 281 g/mol. The van der Waals surface area contributed by atoms with E-state index >= 15 is 0 Å². The van der Waals surface area contributed by atoms with Gasteiger partial charge in [-0.3, -0.25) is 4.79 Å². The maximum absolute atomic E-state index is 12.5. The second-order valence-electron chi connectivity index (χ2n) is 6.30. The highest BCUT2D eigenvalue weighted by Crippen LogP contribution is 2.24. The number of rotatable bonds is 4. The molecular weight excluding hydrogens is 258 g/mol. The fraction of sp³-hybridized carbons (Fsp3) is 0.316. The summed E-state index contributed by atoms with van der Waals surface area (Å²) < 4.78 is 0. The Morgan fingerprint density at radius 2 is 1.67 bits per heavy atom. The fourth-order valence-electron chi connectivity index (χ4n) is 2.31. The summed E-state index contributed by atoms with van der Waals surface area (Å²) in [4.78, 5) is 12.5. The lowest BCUT2D eigenvalue weighted by molar-refractivity contribution is -0.123. The Balaban J connectivity index is 2.09. The maximum Gasteiger partial charge on any atom is 0.230 e. The van der Waals surface area contributed by atoms with Gasteiger partial charge in [-0.05, 0) is 49.1 Å². The van der Waals surface area contributed by atoms with Gasteiger partial charge in [-0.25, -0.2) is 0 Å². The third kappa shape index (κ3) is 3.94. The highest BCUT2D eigenvalue weighted by atomic mass is 16.2. The van der Waals surface area contributed by atoms with Gasteiger partial charge < -0.3 is 5.32 Å². The first kappa shape index (κ1) is 15.3. The molecule has 0 saturated carbocycles. The number of carbonyl (C=O) groups is 1. The normalized spacial score (nSPS) is 11.2. The van der Waals surface area contributed by atoms with Crippen molar-refractivity contribution >= 4 is 11.6 Å². The smallest absolute Gasteiger partial charge is 0.230 e. The molecule has 0 aliphatic rings. The van der Waals surface area contributed by atoms with E-state index in [0.717, 1.165) is 12.1 Å². The molecule has 0 aliphatic heterocycles. The van der Waals surface area contributed by atoms with Crippen molar-refractivity contribution in [3.8, 4) is 0 Å². The topological polar surface area (TPSA) is 29.1 Å². The number of hydrogen-bond donors (Lipinski definition) is 1. The summed E-state index contributed by atoms with van der Waals surface area (Å²) in [5.41, 5.74) is 4.02. The molecule has 0 bridgehead atoms. The van der Waals surface area contributed by atoms with Crippen LogP contribution in [0.2, 0.25) is 0 Å². The lowest BCUT2D eigenvalue weighted by Gasteiger charge is -2.24. The Morgan fingerprint density at radius 3 is 2.29 bits per heavy atom. The minimum atomic E-state index is -0.444. The van der Waals surface area contributed by atoms with Crippen LogP contribution in [0.5, 0.6) is 0 Å². The molecule has 2 aromatic carbocycles. The first-order valence-electron chi connectivity index (χ1n) is 7.31. The molecule has 0 radical (unpaired) electrons. The number of amides is 1. The summed E-state index contributed by atoms with van der Waals surface area (Å²) in [6, 6.07) is 16.1. The Bertz CT molecular complexity index is 629. The van der Waals surface area contributed by atoms with Crippen molar-refractivity contribution in [2.24, 2.45) is 5.41 Å². The van der Waals surface area contributed by atoms with E-state index in [4.69, 9.17) is 0 Å². The number of anilines is 1. The van der Waals surface area contributed by atoms with Gasteiger partial charge in [0.15, 0.2) is 0 Å². The molecule has 0 aromatic heterocycles. The third-order valence-electron chi connectivity index (χ3n) is 3.87. The van der Waals surface area contributed by atoms with E-state index in [1.165, 1.54) is 16.7 Å². The van der Waals surface area contributed by atoms with Crippen LogP contribution in [0.15, 0.2) is 48.5 Å². The number of hydrogen-bond acceptors (Lipinski definition) is 1. The predicted molar refractivity (Wildman–Crippen MR) is 88.5 cm³/mol. The van der Waals surface area contributed by atoms with Gasteiger partial charge in [0.2, 0.25) is 5.91 Å². The first-order valence-corrected chi connectivity index (χ1v) is 7.31. The van der Waals surface area contributed by atoms with Crippen molar-refractivity contribution in [2.45, 2.75) is 34.1 Å². The van der Waals surface area contributed by atoms with Gasteiger partial charge in [0.05, 0.1) is 0 Å². The van der Waals surface area contributed by atoms with Gasteiger partial charge in [-0.2, -0.15) is 0 Å². The summed E-state index contributed by atoms with van der Waals surface area (Å²) in [5.74, 6) is 0.0506. The van der Waals surface area contributed by atoms with Crippen molar-refractivity contribution in [1.29, 1.82) is 0 Å². The number of aryl methyl sites for hydroxylation is 2. The molecule has 2 nitrogen and oxygen atoms in total. The van der Waals surface area contributed by atoms with Crippen molar-refractivity contribution in [1.82, 2.24) is 0 Å². The SMILES string of the molecule is Cc1ccc(NC(=O)C(C)(C)Cc2ccccc2)cc1C. The zero-order valence-corrected chi connectivity index (χ0v) is 13.2. The molecule has 0 saturated heterocycles. The fourth-order valence-corrected chi connectivity index (χ4v) is 2.31. The summed E-state index contributed by atoms with van der Waals surface area (Å²) in [5, 5.41) is 3.03. The second kappa shape index (κ2) is 6.13. The minimum absolute atomic E-state index is 0.0506. The zero-order chi connectivity index (χ0) is 15.5. The van der Waals surface area contributed by atoms with Crippen LogP contribution in [0.25, 0.3) is 0 Å². The van der Waals surface area contributed by atoms with Crippen LogP contribution in [0.1, 0.15) is 30.5 Å². The van der Waals surface area contributed by atoms with Crippen molar-refractivity contribution in [3.05, 3.63) is 65.2 Å². The molecule has 1 amide bonds. The first-order chi connectivity index (χ1) is 9.88. The molecule has 0 atom stereocenters. The van der Waals surface area contributed by atoms with E-state index in [-0.39, 0.29) is 5.91 Å². The number of nitrogens with one attached hydrogen (secondary N) is 1. The molecule has 0 spiro atoms. The van der Waals surface area contributed by atoms with Crippen LogP contribution in [0.4, 0.5) is 5.69 Å². The van der Waals surface area contributed by atoms with Crippen molar-refractivity contribution in [2.75, 3.05) is 5.32 Å². The standard InChI is InChI=1S/C19H23NO/c1-14-10-11-17(12-15(14)2)20-18(21)19(3,4)13-16-8-6-5-7-9-16/h5-12H,13H2,1-4H3,(H,20,21). The van der Waals surface area contributed by atoms with Crippen LogP contribution in [0, 0.1) is 19.3 Å². The van der Waals surface area contributed by atoms with Gasteiger partial charge >= 0.3 is 0 Å². The lowest BCUT2D eigenvalue weighted by atomic mass is 9.84. The largest absolute Gasteiger partial charge is 0.326 e. The van der Waals surface area contributed by atoms with Crippen molar-refractivity contribution in [3.63, 3.8) is 0 Å². The zero-order valence-electron chi connectivity index (χ0n) is 13.2. The van der Waals surface area contributed by atoms with Crippen molar-refractivity contribution < 1.29 is 4.79 Å². The van der Waals surface area contributed by atoms with Crippen LogP contribution in [0.3, 0.4) is 0 Å². The Kier molecular flexibility index (Phi) is 4.46. The molecule has 2 aromatic rings. The highest BCUT2D eigenvalue weighted by molar-refractivity contribution is 5.95. The molecule has 2 rings (SSSR count). The van der Waals surface area contributed by atoms with E-state index in [2.05, 4.69) is 31.3 Å². The highest BCUT2D eigenvalue weighted by Gasteiger charge is 2.27. The third-order valence-corrected chi connectivity index (χ3v) is 3.87. The van der Waals surface area contributed by atoms with Crippen LogP contribution < -0.4 is 5.32 Å². The van der Waals surface area contributed by atoms with E-state index in [1.807, 2.05) is 50.2 Å².